The molecule has 0 heterocycles. The number of hydrogen-bond donors (Lipinski definition) is 0. The molecule has 0 nitrogen and oxygen atoms in total. The van der Waals surface area contributed by atoms with Crippen LogP contribution in [-0.4, -0.2) is 0 Å². The standard InChI is InChI=1S/C28H54/c1-3-5-7-9-10-11-12-14-16-26-19-23-28(24-20-26)27-21-17-25(18-22-27)15-13-8-6-4-2/h25-28H,3-24H2,1-2H3/t25-,26?,27-,28?. The van der Waals surface area contributed by atoms with Crippen molar-refractivity contribution in [1.82, 2.24) is 0 Å². The summed E-state index contributed by atoms with van der Waals surface area (Å²) in [5.41, 5.74) is 0. The van der Waals surface area contributed by atoms with Gasteiger partial charge >= 0.3 is 0 Å². The average Bonchev–Trinajstić information content (AvgIpc) is 2.74. The van der Waals surface area contributed by atoms with Crippen molar-refractivity contribution < 1.29 is 0 Å². The van der Waals surface area contributed by atoms with Gasteiger partial charge in [0.05, 0.1) is 0 Å². The van der Waals surface area contributed by atoms with Crippen molar-refractivity contribution in [2.24, 2.45) is 23.7 Å². The average molecular weight is 391 g/mol. The Morgan fingerprint density at radius 1 is 0.393 bits per heavy atom. The summed E-state index contributed by atoms with van der Waals surface area (Å²) in [7, 11) is 0. The van der Waals surface area contributed by atoms with E-state index in [1.165, 1.54) is 83.5 Å². The molecule has 0 amide bonds. The summed E-state index contributed by atoms with van der Waals surface area (Å²) >= 11 is 0. The summed E-state index contributed by atoms with van der Waals surface area (Å²) in [6, 6.07) is 0. The van der Waals surface area contributed by atoms with Gasteiger partial charge in [0.25, 0.3) is 0 Å². The van der Waals surface area contributed by atoms with E-state index >= 15 is 0 Å². The molecule has 166 valence electrons. The van der Waals surface area contributed by atoms with Gasteiger partial charge in [0.1, 0.15) is 0 Å². The van der Waals surface area contributed by atoms with Crippen molar-refractivity contribution >= 4 is 0 Å². The third kappa shape index (κ3) is 10.2. The van der Waals surface area contributed by atoms with Crippen LogP contribution in [0.25, 0.3) is 0 Å². The molecule has 0 N–H and O–H groups in total. The highest BCUT2D eigenvalue weighted by Gasteiger charge is 2.30. The zero-order valence-electron chi connectivity index (χ0n) is 19.9. The van der Waals surface area contributed by atoms with Crippen molar-refractivity contribution in [3.05, 3.63) is 0 Å². The second-order valence-corrected chi connectivity index (χ2v) is 10.7. The first-order valence-electron chi connectivity index (χ1n) is 13.8. The van der Waals surface area contributed by atoms with Crippen LogP contribution < -0.4 is 0 Å². The maximum absolute atomic E-state index is 2.33. The van der Waals surface area contributed by atoms with Crippen molar-refractivity contribution in [3.8, 4) is 0 Å². The first kappa shape index (κ1) is 24.3. The summed E-state index contributed by atoms with van der Waals surface area (Å²) in [5.74, 6) is 4.39. The summed E-state index contributed by atoms with van der Waals surface area (Å²) in [6.07, 6.45) is 33.3. The van der Waals surface area contributed by atoms with Gasteiger partial charge in [-0.2, -0.15) is 0 Å². The molecular weight excluding hydrogens is 336 g/mol. The molecule has 2 rings (SSSR count). The normalized spacial score (nSPS) is 28.5. The van der Waals surface area contributed by atoms with E-state index in [4.69, 9.17) is 0 Å². The van der Waals surface area contributed by atoms with Gasteiger partial charge in [0, 0.05) is 0 Å². The minimum atomic E-state index is 1.09. The van der Waals surface area contributed by atoms with E-state index < -0.39 is 0 Å². The molecule has 2 aliphatic carbocycles. The quantitative estimate of drug-likeness (QED) is 0.244. The van der Waals surface area contributed by atoms with Crippen LogP contribution in [0.4, 0.5) is 0 Å². The van der Waals surface area contributed by atoms with Gasteiger partial charge in [0.15, 0.2) is 0 Å². The maximum Gasteiger partial charge on any atom is -0.0386 e. The molecule has 0 unspecified atom stereocenters. The summed E-state index contributed by atoms with van der Waals surface area (Å²) < 4.78 is 0. The molecule has 2 aliphatic rings. The SMILES string of the molecule is CCCCCCCCCCC1CCC([C@H]2CC[C@H](CCCCCC)CC2)CC1. The van der Waals surface area contributed by atoms with E-state index in [-0.39, 0.29) is 0 Å². The molecule has 0 atom stereocenters. The number of unbranched alkanes of at least 4 members (excludes halogenated alkanes) is 10. The van der Waals surface area contributed by atoms with Crippen LogP contribution in [-0.2, 0) is 0 Å². The second-order valence-electron chi connectivity index (χ2n) is 10.7. The predicted octanol–water partition coefficient (Wildman–Crippen LogP) is 10.1. The molecule has 0 heteroatoms. The lowest BCUT2D eigenvalue weighted by Gasteiger charge is -2.38. The monoisotopic (exact) mass is 390 g/mol. The Kier molecular flexibility index (Phi) is 13.7. The lowest BCUT2D eigenvalue weighted by molar-refractivity contribution is 0.139. The third-order valence-electron chi connectivity index (χ3n) is 8.38. The largest absolute Gasteiger partial charge is 0.0654 e. The zero-order valence-corrected chi connectivity index (χ0v) is 19.9. The molecule has 0 aliphatic heterocycles. The van der Waals surface area contributed by atoms with E-state index in [0.29, 0.717) is 0 Å². The Bertz CT molecular complexity index is 330. The smallest absolute Gasteiger partial charge is 0.0386 e. The van der Waals surface area contributed by atoms with Gasteiger partial charge in [-0.15, -0.1) is 0 Å². The van der Waals surface area contributed by atoms with Gasteiger partial charge in [0.2, 0.25) is 0 Å². The Labute approximate surface area is 179 Å². The van der Waals surface area contributed by atoms with Crippen LogP contribution in [0.3, 0.4) is 0 Å². The molecule has 0 spiro atoms. The highest BCUT2D eigenvalue weighted by Crippen LogP contribution is 2.43. The Morgan fingerprint density at radius 2 is 0.714 bits per heavy atom. The fourth-order valence-electron chi connectivity index (χ4n) is 6.32. The molecular formula is C28H54. The fourth-order valence-corrected chi connectivity index (χ4v) is 6.32. The molecule has 0 aromatic rings. The number of hydrogen-bond acceptors (Lipinski definition) is 0. The molecule has 0 saturated heterocycles. The van der Waals surface area contributed by atoms with Gasteiger partial charge in [-0.3, -0.25) is 0 Å². The van der Waals surface area contributed by atoms with Crippen molar-refractivity contribution in [3.63, 3.8) is 0 Å². The minimum absolute atomic E-state index is 1.09. The lowest BCUT2D eigenvalue weighted by atomic mass is 9.68. The van der Waals surface area contributed by atoms with Crippen LogP contribution >= 0.6 is 0 Å². The van der Waals surface area contributed by atoms with Gasteiger partial charge < -0.3 is 0 Å². The zero-order chi connectivity index (χ0) is 19.9. The molecule has 2 fully saturated rings. The Balaban J connectivity index is 1.45. The highest BCUT2D eigenvalue weighted by atomic mass is 14.4. The number of rotatable bonds is 15. The Morgan fingerprint density at radius 3 is 1.11 bits per heavy atom. The van der Waals surface area contributed by atoms with E-state index in [1.807, 2.05) is 0 Å². The molecule has 2 saturated carbocycles. The molecule has 0 aromatic carbocycles. The van der Waals surface area contributed by atoms with Gasteiger partial charge in [-0.1, -0.05) is 129 Å². The topological polar surface area (TPSA) is 0 Å². The van der Waals surface area contributed by atoms with Crippen molar-refractivity contribution in [2.45, 2.75) is 155 Å². The van der Waals surface area contributed by atoms with Crippen LogP contribution in [0.1, 0.15) is 155 Å². The first-order chi connectivity index (χ1) is 13.8. The van der Waals surface area contributed by atoms with Crippen LogP contribution in [0.5, 0.6) is 0 Å². The summed E-state index contributed by atoms with van der Waals surface area (Å²) in [4.78, 5) is 0. The third-order valence-corrected chi connectivity index (χ3v) is 8.38. The Hall–Kier alpha value is 0. The molecule has 0 aromatic heterocycles. The minimum Gasteiger partial charge on any atom is -0.0654 e. The molecule has 0 radical (unpaired) electrons. The lowest BCUT2D eigenvalue weighted by Crippen LogP contribution is -2.25. The summed E-state index contributed by atoms with van der Waals surface area (Å²) in [6.45, 7) is 4.64. The summed E-state index contributed by atoms with van der Waals surface area (Å²) in [5, 5.41) is 0. The second kappa shape index (κ2) is 15.8. The van der Waals surface area contributed by atoms with E-state index in [9.17, 15) is 0 Å². The van der Waals surface area contributed by atoms with Crippen LogP contribution in [0.2, 0.25) is 0 Å². The van der Waals surface area contributed by atoms with E-state index in [1.54, 1.807) is 57.8 Å². The van der Waals surface area contributed by atoms with E-state index in [0.717, 1.165) is 23.7 Å². The first-order valence-corrected chi connectivity index (χ1v) is 13.8. The van der Waals surface area contributed by atoms with Crippen LogP contribution in [0.15, 0.2) is 0 Å². The van der Waals surface area contributed by atoms with Crippen molar-refractivity contribution in [1.29, 1.82) is 0 Å². The highest BCUT2D eigenvalue weighted by molar-refractivity contribution is 4.82. The van der Waals surface area contributed by atoms with Gasteiger partial charge in [-0.05, 0) is 49.4 Å². The van der Waals surface area contributed by atoms with Crippen LogP contribution in [0, 0.1) is 23.7 Å². The van der Waals surface area contributed by atoms with Gasteiger partial charge in [-0.25, -0.2) is 0 Å². The van der Waals surface area contributed by atoms with Crippen molar-refractivity contribution in [2.75, 3.05) is 0 Å². The maximum atomic E-state index is 2.33. The molecule has 0 bridgehead atoms. The predicted molar refractivity (Wildman–Crippen MR) is 127 cm³/mol. The van der Waals surface area contributed by atoms with E-state index in [2.05, 4.69) is 13.8 Å². The molecule has 28 heavy (non-hydrogen) atoms. The fraction of sp³-hybridized carbons (Fsp3) is 1.00.